The Labute approximate surface area is 152 Å². The summed E-state index contributed by atoms with van der Waals surface area (Å²) in [5, 5.41) is 0. The van der Waals surface area contributed by atoms with Crippen LogP contribution in [0.15, 0.2) is 23.1 Å². The molecule has 0 spiro atoms. The van der Waals surface area contributed by atoms with Crippen LogP contribution in [0.4, 0.5) is 4.39 Å². The van der Waals surface area contributed by atoms with Crippen molar-refractivity contribution in [1.82, 2.24) is 9.62 Å². The Morgan fingerprint density at radius 1 is 1.19 bits per heavy atom. The van der Waals surface area contributed by atoms with E-state index in [2.05, 4.69) is 4.72 Å². The van der Waals surface area contributed by atoms with Crippen molar-refractivity contribution in [2.45, 2.75) is 43.6 Å². The SMILES string of the molecule is CNS(=O)(=O)c1ccc(F)c(C(=O)OC(C)C(=O)N2CCCCCC2)c1. The highest BCUT2D eigenvalue weighted by Gasteiger charge is 2.27. The number of hydrogen-bond acceptors (Lipinski definition) is 5. The van der Waals surface area contributed by atoms with E-state index in [1.807, 2.05) is 0 Å². The number of esters is 1. The molecule has 1 aromatic carbocycles. The molecule has 1 aliphatic rings. The van der Waals surface area contributed by atoms with Crippen LogP contribution in [0.25, 0.3) is 0 Å². The number of nitrogens with zero attached hydrogens (tertiary/aromatic N) is 1. The van der Waals surface area contributed by atoms with Gasteiger partial charge in [0.05, 0.1) is 10.5 Å². The Kier molecular flexibility index (Phi) is 6.71. The Morgan fingerprint density at radius 3 is 2.38 bits per heavy atom. The molecule has 0 saturated carbocycles. The predicted molar refractivity (Wildman–Crippen MR) is 92.6 cm³/mol. The van der Waals surface area contributed by atoms with Crippen LogP contribution in [-0.4, -0.2) is 51.4 Å². The predicted octanol–water partition coefficient (Wildman–Crippen LogP) is 1.68. The Balaban J connectivity index is 2.13. The van der Waals surface area contributed by atoms with E-state index in [1.165, 1.54) is 14.0 Å². The van der Waals surface area contributed by atoms with E-state index in [0.29, 0.717) is 13.1 Å². The van der Waals surface area contributed by atoms with Gasteiger partial charge in [-0.15, -0.1) is 0 Å². The van der Waals surface area contributed by atoms with Crippen molar-refractivity contribution >= 4 is 21.9 Å². The highest BCUT2D eigenvalue weighted by atomic mass is 32.2. The summed E-state index contributed by atoms with van der Waals surface area (Å²) in [6.07, 6.45) is 2.81. The molecule has 1 N–H and O–H groups in total. The molecule has 7 nitrogen and oxygen atoms in total. The monoisotopic (exact) mass is 386 g/mol. The van der Waals surface area contributed by atoms with Crippen molar-refractivity contribution in [3.05, 3.63) is 29.6 Å². The van der Waals surface area contributed by atoms with Crippen LogP contribution in [0.1, 0.15) is 43.0 Å². The number of likely N-dealkylation sites (tertiary alicyclic amines) is 1. The second-order valence-corrected chi connectivity index (χ2v) is 8.02. The van der Waals surface area contributed by atoms with Gasteiger partial charge in [-0.2, -0.15) is 0 Å². The lowest BCUT2D eigenvalue weighted by Gasteiger charge is -2.24. The fraction of sp³-hybridized carbons (Fsp3) is 0.529. The maximum atomic E-state index is 14.0. The molecule has 1 amide bonds. The van der Waals surface area contributed by atoms with Gasteiger partial charge in [-0.3, -0.25) is 4.79 Å². The molecule has 0 bridgehead atoms. The van der Waals surface area contributed by atoms with Gasteiger partial charge in [0.1, 0.15) is 5.82 Å². The normalized spacial score (nSPS) is 16.7. The molecule has 26 heavy (non-hydrogen) atoms. The van der Waals surface area contributed by atoms with Gasteiger partial charge in [0.2, 0.25) is 10.0 Å². The van der Waals surface area contributed by atoms with E-state index in [4.69, 9.17) is 4.74 Å². The number of hydrogen-bond donors (Lipinski definition) is 1. The molecule has 1 unspecified atom stereocenters. The maximum Gasteiger partial charge on any atom is 0.341 e. The number of amides is 1. The third-order valence-corrected chi connectivity index (χ3v) is 5.70. The van der Waals surface area contributed by atoms with Gasteiger partial charge in [-0.05, 0) is 45.0 Å². The van der Waals surface area contributed by atoms with Crippen LogP contribution in [0.5, 0.6) is 0 Å². The summed E-state index contributed by atoms with van der Waals surface area (Å²) in [4.78, 5) is 26.1. The smallest absolute Gasteiger partial charge is 0.341 e. The highest BCUT2D eigenvalue weighted by Crippen LogP contribution is 2.18. The minimum Gasteiger partial charge on any atom is -0.449 e. The lowest BCUT2D eigenvalue weighted by atomic mass is 10.2. The summed E-state index contributed by atoms with van der Waals surface area (Å²) < 4.78 is 44.8. The number of sulfonamides is 1. The summed E-state index contributed by atoms with van der Waals surface area (Å²) in [5.41, 5.74) is -0.531. The van der Waals surface area contributed by atoms with Crippen molar-refractivity contribution in [3.8, 4) is 0 Å². The quantitative estimate of drug-likeness (QED) is 0.778. The first kappa shape index (κ1) is 20.3. The van der Waals surface area contributed by atoms with E-state index < -0.39 is 33.5 Å². The van der Waals surface area contributed by atoms with Gasteiger partial charge in [-0.1, -0.05) is 12.8 Å². The third-order valence-electron chi connectivity index (χ3n) is 4.29. The molecule has 0 aliphatic carbocycles. The molecule has 1 aliphatic heterocycles. The topological polar surface area (TPSA) is 92.8 Å². The first-order valence-corrected chi connectivity index (χ1v) is 9.97. The van der Waals surface area contributed by atoms with E-state index in [9.17, 15) is 22.4 Å². The number of halogens is 1. The van der Waals surface area contributed by atoms with E-state index in [0.717, 1.165) is 43.9 Å². The summed E-state index contributed by atoms with van der Waals surface area (Å²) in [6.45, 7) is 2.63. The Bertz CT molecular complexity index is 773. The molecule has 9 heteroatoms. The summed E-state index contributed by atoms with van der Waals surface area (Å²) >= 11 is 0. The van der Waals surface area contributed by atoms with Crippen LogP contribution in [-0.2, 0) is 19.6 Å². The first-order valence-electron chi connectivity index (χ1n) is 8.49. The van der Waals surface area contributed by atoms with Crippen molar-refractivity contribution in [2.75, 3.05) is 20.1 Å². The molecule has 1 aromatic rings. The van der Waals surface area contributed by atoms with Crippen LogP contribution in [0, 0.1) is 5.82 Å². The average Bonchev–Trinajstić information content (AvgIpc) is 2.90. The second kappa shape index (κ2) is 8.59. The molecule has 1 fully saturated rings. The molecule has 0 aromatic heterocycles. The fourth-order valence-electron chi connectivity index (χ4n) is 2.77. The Morgan fingerprint density at radius 2 is 1.81 bits per heavy atom. The second-order valence-electron chi connectivity index (χ2n) is 6.14. The molecule has 1 atom stereocenters. The lowest BCUT2D eigenvalue weighted by Crippen LogP contribution is -2.40. The van der Waals surface area contributed by atoms with Gasteiger partial charge in [-0.25, -0.2) is 22.3 Å². The van der Waals surface area contributed by atoms with Crippen LogP contribution < -0.4 is 4.72 Å². The van der Waals surface area contributed by atoms with Crippen LogP contribution in [0.2, 0.25) is 0 Å². The molecule has 1 saturated heterocycles. The zero-order valence-corrected chi connectivity index (χ0v) is 15.6. The summed E-state index contributed by atoms with van der Waals surface area (Å²) in [7, 11) is -2.63. The summed E-state index contributed by atoms with van der Waals surface area (Å²) in [5.74, 6) is -2.33. The first-order chi connectivity index (χ1) is 12.3. The van der Waals surface area contributed by atoms with Crippen molar-refractivity contribution in [2.24, 2.45) is 0 Å². The maximum absolute atomic E-state index is 14.0. The van der Waals surface area contributed by atoms with E-state index in [-0.39, 0.29) is 10.8 Å². The number of rotatable bonds is 5. The average molecular weight is 386 g/mol. The van der Waals surface area contributed by atoms with Crippen molar-refractivity contribution in [1.29, 1.82) is 0 Å². The molecular weight excluding hydrogens is 363 g/mol. The lowest BCUT2D eigenvalue weighted by molar-refractivity contribution is -0.139. The van der Waals surface area contributed by atoms with Crippen LogP contribution >= 0.6 is 0 Å². The number of nitrogens with one attached hydrogen (secondary N) is 1. The molecule has 2 rings (SSSR count). The number of benzene rings is 1. The third kappa shape index (κ3) is 4.79. The molecule has 0 radical (unpaired) electrons. The minimum atomic E-state index is -3.84. The van der Waals surface area contributed by atoms with Gasteiger partial charge in [0, 0.05) is 13.1 Å². The largest absolute Gasteiger partial charge is 0.449 e. The van der Waals surface area contributed by atoms with Crippen molar-refractivity contribution < 1.29 is 27.1 Å². The Hall–Kier alpha value is -2.00. The number of ether oxygens (including phenoxy) is 1. The number of carbonyl (C=O) groups is 2. The number of carbonyl (C=O) groups excluding carboxylic acids is 2. The van der Waals surface area contributed by atoms with E-state index in [1.54, 1.807) is 4.90 Å². The zero-order valence-electron chi connectivity index (χ0n) is 14.8. The molecule has 1 heterocycles. The van der Waals surface area contributed by atoms with Gasteiger partial charge < -0.3 is 9.64 Å². The van der Waals surface area contributed by atoms with Crippen molar-refractivity contribution in [3.63, 3.8) is 0 Å². The molecule has 144 valence electrons. The fourth-order valence-corrected chi connectivity index (χ4v) is 3.52. The van der Waals surface area contributed by atoms with Gasteiger partial charge >= 0.3 is 5.97 Å². The minimum absolute atomic E-state index is 0.264. The zero-order chi connectivity index (χ0) is 19.3. The standard InChI is InChI=1S/C17H23FN2O5S/c1-12(16(21)20-9-5-3-4-6-10-20)25-17(22)14-11-13(7-8-15(14)18)26(23,24)19-2/h7-8,11-12,19H,3-6,9-10H2,1-2H3. The van der Waals surface area contributed by atoms with Gasteiger partial charge in [0.25, 0.3) is 5.91 Å². The molecular formula is C17H23FN2O5S. The van der Waals surface area contributed by atoms with Crippen LogP contribution in [0.3, 0.4) is 0 Å². The van der Waals surface area contributed by atoms with Gasteiger partial charge in [0.15, 0.2) is 6.10 Å². The highest BCUT2D eigenvalue weighted by molar-refractivity contribution is 7.89. The summed E-state index contributed by atoms with van der Waals surface area (Å²) in [6, 6.07) is 2.82. The van der Waals surface area contributed by atoms with E-state index >= 15 is 0 Å².